The van der Waals surface area contributed by atoms with Crippen LogP contribution in [0.25, 0.3) is 0 Å². The number of likely N-dealkylation sites (N-methyl/N-ethyl adjacent to an activating group) is 2. The normalized spacial score (nSPS) is 12.7. The van der Waals surface area contributed by atoms with E-state index in [4.69, 9.17) is 35.3 Å². The fraction of sp³-hybridized carbons (Fsp3) is 0.550. The van der Waals surface area contributed by atoms with Crippen LogP contribution in [0.4, 0.5) is 9.59 Å². The predicted molar refractivity (Wildman–Crippen MR) is 205 cm³/mol. The number of amides is 2. The van der Waals surface area contributed by atoms with Crippen LogP contribution < -0.4 is 74.0 Å². The van der Waals surface area contributed by atoms with Crippen LogP contribution in [0.1, 0.15) is 93.2 Å². The Bertz CT molecular complexity index is 1500. The number of carboxylic acid groups (broad SMARTS) is 1. The molecule has 0 fully saturated rings. The third-order valence-electron chi connectivity index (χ3n) is 7.00. The van der Waals surface area contributed by atoms with Gasteiger partial charge in [-0.25, -0.2) is 19.2 Å². The third-order valence-corrected chi connectivity index (χ3v) is 7.18. The average Bonchev–Trinajstić information content (AvgIpc) is 3.09. The maximum Gasteiger partial charge on any atom is 1.00 e. The number of esters is 3. The Labute approximate surface area is 395 Å². The molecule has 2 amide bonds. The van der Waals surface area contributed by atoms with Crippen LogP contribution in [0.5, 0.6) is 0 Å². The summed E-state index contributed by atoms with van der Waals surface area (Å²) < 4.78 is 25.5. The molecule has 0 heterocycles. The molecule has 0 saturated carbocycles. The number of alkyl halides is 1. The standard InChI is InChI=1S/C20H29NO6.C13H17NO4.C7H13ClO2.Cs/c1-7-16(18(23)26-14(2)17(22)27-20(3,4)5)21(6)19(24)25-13-15-11-9-8-10-12-15;1-3-11(12(15)16)14(2)13(17)18-9-10-7-5-4-6-8-10;1-5(8)6(9)10-7(2,3)4;/h8-12,14,16H,7,13H2,1-6H3;4-8,11H,3,9H2,1-2H3,(H,15,16);5H,1-4H3;/q;;;+1/p-1. The number of halogens is 1. The Hall–Kier alpha value is -2.80. The maximum atomic E-state index is 12.4. The molecule has 308 valence electrons. The predicted octanol–water partition coefficient (Wildman–Crippen LogP) is 3.05. The summed E-state index contributed by atoms with van der Waals surface area (Å²) in [6.07, 6.45) is -1.79. The van der Waals surface area contributed by atoms with Crippen molar-refractivity contribution in [2.24, 2.45) is 0 Å². The van der Waals surface area contributed by atoms with Gasteiger partial charge < -0.3 is 38.5 Å². The number of hydrogen-bond donors (Lipinski definition) is 0. The first kappa shape index (κ1) is 55.3. The fourth-order valence-corrected chi connectivity index (χ4v) is 4.21. The van der Waals surface area contributed by atoms with Crippen LogP contribution in [0.2, 0.25) is 0 Å². The van der Waals surface area contributed by atoms with Gasteiger partial charge in [-0.3, -0.25) is 9.69 Å². The number of carbonyl (C=O) groups is 6. The van der Waals surface area contributed by atoms with E-state index in [0.717, 1.165) is 16.0 Å². The molecule has 0 saturated heterocycles. The zero-order valence-corrected chi connectivity index (χ0v) is 42.1. The molecule has 14 nitrogen and oxygen atoms in total. The minimum absolute atomic E-state index is 0. The molecule has 0 N–H and O–H groups in total. The Morgan fingerprint density at radius 2 is 1.00 bits per heavy atom. The molecular weight excluding hydrogens is 869 g/mol. The monoisotopic (exact) mass is 926 g/mol. The van der Waals surface area contributed by atoms with E-state index >= 15 is 0 Å². The van der Waals surface area contributed by atoms with Gasteiger partial charge in [-0.05, 0) is 79.4 Å². The molecule has 4 unspecified atom stereocenters. The number of ether oxygens (including phenoxy) is 5. The Kier molecular flexibility index (Phi) is 27.4. The van der Waals surface area contributed by atoms with Gasteiger partial charge in [-0.2, -0.15) is 0 Å². The summed E-state index contributed by atoms with van der Waals surface area (Å²) in [6, 6.07) is 16.6. The van der Waals surface area contributed by atoms with Crippen molar-refractivity contribution in [3.8, 4) is 0 Å². The quantitative estimate of drug-likeness (QED) is 0.163. The molecule has 56 heavy (non-hydrogen) atoms. The van der Waals surface area contributed by atoms with Crippen molar-refractivity contribution >= 4 is 47.7 Å². The van der Waals surface area contributed by atoms with Crippen molar-refractivity contribution in [1.29, 1.82) is 0 Å². The molecule has 0 spiro atoms. The number of carboxylic acids is 1. The summed E-state index contributed by atoms with van der Waals surface area (Å²) in [7, 11) is 2.85. The minimum atomic E-state index is -1.28. The van der Waals surface area contributed by atoms with E-state index in [-0.39, 0.29) is 94.5 Å². The number of nitrogens with zero attached hydrogens (tertiary/aromatic N) is 2. The molecule has 0 aliphatic heterocycles. The van der Waals surface area contributed by atoms with Crippen molar-refractivity contribution in [1.82, 2.24) is 9.80 Å². The molecule has 4 atom stereocenters. The molecule has 0 aliphatic rings. The van der Waals surface area contributed by atoms with Crippen molar-refractivity contribution in [3.63, 3.8) is 0 Å². The van der Waals surface area contributed by atoms with Crippen molar-refractivity contribution in [3.05, 3.63) is 71.8 Å². The average molecular weight is 927 g/mol. The van der Waals surface area contributed by atoms with E-state index in [2.05, 4.69) is 0 Å². The largest absolute Gasteiger partial charge is 1.00 e. The molecule has 2 rings (SSSR count). The van der Waals surface area contributed by atoms with Gasteiger partial charge in [-0.1, -0.05) is 74.5 Å². The second-order valence-electron chi connectivity index (χ2n) is 14.2. The molecule has 16 heteroatoms. The van der Waals surface area contributed by atoms with Crippen LogP contribution in [-0.2, 0) is 56.1 Å². The van der Waals surface area contributed by atoms with Crippen LogP contribution in [0.15, 0.2) is 60.7 Å². The third kappa shape index (κ3) is 24.1. The van der Waals surface area contributed by atoms with E-state index in [1.165, 1.54) is 25.9 Å². The Morgan fingerprint density at radius 3 is 1.30 bits per heavy atom. The van der Waals surface area contributed by atoms with E-state index in [0.29, 0.717) is 6.42 Å². The van der Waals surface area contributed by atoms with Gasteiger partial charge >= 0.3 is 99.0 Å². The minimum Gasteiger partial charge on any atom is -0.548 e. The van der Waals surface area contributed by atoms with E-state index in [1.807, 2.05) is 81.4 Å². The van der Waals surface area contributed by atoms with Crippen molar-refractivity contribution in [2.45, 2.75) is 130 Å². The summed E-state index contributed by atoms with van der Waals surface area (Å²) >= 11 is 5.46. The summed E-state index contributed by atoms with van der Waals surface area (Å²) in [5, 5.41) is 10.2. The van der Waals surface area contributed by atoms with Crippen LogP contribution in [0, 0.1) is 0 Å². The SMILES string of the molecule is CC(Cl)C(=O)OC(C)(C)C.CCC(C(=O)OC(C)C(=O)OC(C)(C)C)N(C)C(=O)OCc1ccccc1.CCC(C(=O)[O-])N(C)C(=O)OCc1ccccc1.[Cs+]. The molecule has 0 aliphatic carbocycles. The van der Waals surface area contributed by atoms with Gasteiger partial charge in [0.25, 0.3) is 0 Å². The number of rotatable bonds is 13. The first-order valence-corrected chi connectivity index (χ1v) is 18.3. The van der Waals surface area contributed by atoms with Gasteiger partial charge in [0.2, 0.25) is 0 Å². The molecular formula is C40H58ClCsN2O12. The van der Waals surface area contributed by atoms with Gasteiger partial charge in [0.1, 0.15) is 35.8 Å². The first-order valence-electron chi connectivity index (χ1n) is 17.8. The van der Waals surface area contributed by atoms with Crippen LogP contribution >= 0.6 is 11.6 Å². The van der Waals surface area contributed by atoms with Crippen LogP contribution in [-0.4, -0.2) is 94.7 Å². The van der Waals surface area contributed by atoms with E-state index in [1.54, 1.807) is 41.5 Å². The fourth-order valence-electron chi connectivity index (χ4n) is 4.16. The zero-order chi connectivity index (χ0) is 42.5. The summed E-state index contributed by atoms with van der Waals surface area (Å²) in [5.74, 6) is -2.97. The number of aliphatic carboxylic acids is 1. The molecule has 0 radical (unpaired) electrons. The smallest absolute Gasteiger partial charge is 0.548 e. The van der Waals surface area contributed by atoms with Gasteiger partial charge in [-0.15, -0.1) is 11.6 Å². The maximum absolute atomic E-state index is 12.4. The molecule has 2 aromatic rings. The van der Waals surface area contributed by atoms with Gasteiger partial charge in [0, 0.05) is 14.1 Å². The summed E-state index contributed by atoms with van der Waals surface area (Å²) in [5.41, 5.74) is 0.578. The summed E-state index contributed by atoms with van der Waals surface area (Å²) in [6.45, 7) is 17.3. The molecule has 0 bridgehead atoms. The van der Waals surface area contributed by atoms with Gasteiger partial charge in [0.15, 0.2) is 6.10 Å². The number of hydrogen-bond acceptors (Lipinski definition) is 12. The van der Waals surface area contributed by atoms with Crippen LogP contribution in [0.3, 0.4) is 0 Å². The van der Waals surface area contributed by atoms with Crippen molar-refractivity contribution < 1.29 is 126 Å². The topological polar surface area (TPSA) is 178 Å². The second kappa shape index (κ2) is 27.8. The number of carbonyl (C=O) groups excluding carboxylic acids is 6. The molecule has 2 aromatic carbocycles. The Morgan fingerprint density at radius 1 is 0.643 bits per heavy atom. The number of benzene rings is 2. The van der Waals surface area contributed by atoms with E-state index in [9.17, 15) is 33.9 Å². The molecule has 0 aromatic heterocycles. The van der Waals surface area contributed by atoms with E-state index < -0.39 is 64.9 Å². The Balaban J connectivity index is 0. The summed E-state index contributed by atoms with van der Waals surface area (Å²) in [4.78, 5) is 72.0. The van der Waals surface area contributed by atoms with Crippen molar-refractivity contribution in [2.75, 3.05) is 14.1 Å². The first-order chi connectivity index (χ1) is 25.4. The van der Waals surface area contributed by atoms with Gasteiger partial charge in [0.05, 0.1) is 12.0 Å². The zero-order valence-electron chi connectivity index (χ0n) is 35.1. The second-order valence-corrected chi connectivity index (χ2v) is 14.9.